The highest BCUT2D eigenvalue weighted by Gasteiger charge is 2.33. The van der Waals surface area contributed by atoms with Crippen LogP contribution in [0.1, 0.15) is 29.7 Å². The Bertz CT molecular complexity index is 547. The zero-order valence-corrected chi connectivity index (χ0v) is 12.2. The second-order valence-electron chi connectivity index (χ2n) is 4.91. The van der Waals surface area contributed by atoms with Crippen molar-refractivity contribution in [3.63, 3.8) is 0 Å². The second-order valence-corrected chi connectivity index (χ2v) is 5.82. The standard InChI is InChI=1S/C15H16F3NOS/c1-2-14(20)19(12-6-4-3-5-7-12)9-11-8-13(21-10-11)15(16,17)18/h2,4,6,8,10,12H,1,3,5,7,9H2. The molecule has 0 aliphatic heterocycles. The van der Waals surface area contributed by atoms with Gasteiger partial charge in [-0.15, -0.1) is 11.3 Å². The van der Waals surface area contributed by atoms with Gasteiger partial charge in [-0.1, -0.05) is 18.7 Å². The molecule has 1 aromatic rings. The average Bonchev–Trinajstić information content (AvgIpc) is 2.93. The van der Waals surface area contributed by atoms with Gasteiger partial charge in [0, 0.05) is 6.54 Å². The molecule has 0 fully saturated rings. The average molecular weight is 315 g/mol. The van der Waals surface area contributed by atoms with Crippen LogP contribution in [0, 0.1) is 0 Å². The maximum absolute atomic E-state index is 12.6. The van der Waals surface area contributed by atoms with Gasteiger partial charge < -0.3 is 4.90 Å². The summed E-state index contributed by atoms with van der Waals surface area (Å²) in [6, 6.07) is 1.04. The van der Waals surface area contributed by atoms with E-state index in [0.717, 1.165) is 25.3 Å². The lowest BCUT2D eigenvalue weighted by atomic mass is 10.0. The van der Waals surface area contributed by atoms with Crippen molar-refractivity contribution >= 4 is 17.2 Å². The monoisotopic (exact) mass is 315 g/mol. The van der Waals surface area contributed by atoms with Crippen LogP contribution in [-0.4, -0.2) is 16.8 Å². The number of allylic oxidation sites excluding steroid dienone is 1. The van der Waals surface area contributed by atoms with Crippen LogP contribution in [0.5, 0.6) is 0 Å². The molecule has 0 saturated carbocycles. The van der Waals surface area contributed by atoms with Crippen molar-refractivity contribution < 1.29 is 18.0 Å². The fourth-order valence-electron chi connectivity index (χ4n) is 2.33. The molecule has 0 saturated heterocycles. The van der Waals surface area contributed by atoms with E-state index in [1.807, 2.05) is 12.2 Å². The van der Waals surface area contributed by atoms with Crippen molar-refractivity contribution in [3.05, 3.63) is 46.7 Å². The molecule has 0 spiro atoms. The Morgan fingerprint density at radius 2 is 2.29 bits per heavy atom. The highest BCUT2D eigenvalue weighted by atomic mass is 32.1. The van der Waals surface area contributed by atoms with E-state index in [4.69, 9.17) is 0 Å². The summed E-state index contributed by atoms with van der Waals surface area (Å²) in [5, 5.41) is 1.46. The Hall–Kier alpha value is -1.56. The maximum Gasteiger partial charge on any atom is 0.425 e. The van der Waals surface area contributed by atoms with E-state index < -0.39 is 11.1 Å². The third-order valence-electron chi connectivity index (χ3n) is 3.37. The lowest BCUT2D eigenvalue weighted by molar-refractivity contribution is -0.134. The van der Waals surface area contributed by atoms with Gasteiger partial charge in [-0.05, 0) is 42.3 Å². The van der Waals surface area contributed by atoms with Crippen molar-refractivity contribution in [2.75, 3.05) is 0 Å². The van der Waals surface area contributed by atoms with Crippen LogP contribution in [0.2, 0.25) is 0 Å². The maximum atomic E-state index is 12.6. The van der Waals surface area contributed by atoms with Gasteiger partial charge in [-0.2, -0.15) is 13.2 Å². The van der Waals surface area contributed by atoms with E-state index in [-0.39, 0.29) is 18.5 Å². The highest BCUT2D eigenvalue weighted by molar-refractivity contribution is 7.10. The first kappa shape index (κ1) is 15.8. The molecule has 0 aromatic carbocycles. The molecule has 1 atom stereocenters. The van der Waals surface area contributed by atoms with Gasteiger partial charge >= 0.3 is 6.18 Å². The highest BCUT2D eigenvalue weighted by Crippen LogP contribution is 2.34. The van der Waals surface area contributed by atoms with E-state index >= 15 is 0 Å². The molecule has 0 N–H and O–H groups in total. The lowest BCUT2D eigenvalue weighted by Crippen LogP contribution is -2.38. The van der Waals surface area contributed by atoms with Crippen LogP contribution in [0.4, 0.5) is 13.2 Å². The summed E-state index contributed by atoms with van der Waals surface area (Å²) < 4.78 is 37.9. The summed E-state index contributed by atoms with van der Waals surface area (Å²) in [6.07, 6.45) is 3.60. The molecule has 1 aliphatic rings. The quantitative estimate of drug-likeness (QED) is 0.596. The summed E-state index contributed by atoms with van der Waals surface area (Å²) in [5.41, 5.74) is 0.501. The third-order valence-corrected chi connectivity index (χ3v) is 4.40. The van der Waals surface area contributed by atoms with Gasteiger partial charge in [-0.3, -0.25) is 4.79 Å². The molecule has 2 nitrogen and oxygen atoms in total. The van der Waals surface area contributed by atoms with Crippen LogP contribution in [-0.2, 0) is 17.5 Å². The molecular weight excluding hydrogens is 299 g/mol. The minimum absolute atomic E-state index is 0.0708. The summed E-state index contributed by atoms with van der Waals surface area (Å²) in [4.78, 5) is 12.9. The van der Waals surface area contributed by atoms with Gasteiger partial charge in [0.05, 0.1) is 6.04 Å². The number of carbonyl (C=O) groups excluding carboxylic acids is 1. The molecule has 2 rings (SSSR count). The van der Waals surface area contributed by atoms with E-state index in [0.29, 0.717) is 16.9 Å². The van der Waals surface area contributed by atoms with Crippen LogP contribution in [0.15, 0.2) is 36.3 Å². The van der Waals surface area contributed by atoms with Crippen molar-refractivity contribution in [3.8, 4) is 0 Å². The number of nitrogens with zero attached hydrogens (tertiary/aromatic N) is 1. The zero-order chi connectivity index (χ0) is 15.5. The number of alkyl halides is 3. The molecule has 6 heteroatoms. The Balaban J connectivity index is 2.17. The summed E-state index contributed by atoms with van der Waals surface area (Å²) in [5.74, 6) is -0.258. The number of rotatable bonds is 4. The largest absolute Gasteiger partial charge is 0.425 e. The van der Waals surface area contributed by atoms with Gasteiger partial charge in [0.1, 0.15) is 4.88 Å². The molecule has 0 bridgehead atoms. The number of halogens is 3. The van der Waals surface area contributed by atoms with Crippen molar-refractivity contribution in [2.45, 2.75) is 38.0 Å². The summed E-state index contributed by atoms with van der Waals surface area (Å²) >= 11 is 0.658. The number of carbonyl (C=O) groups is 1. The Morgan fingerprint density at radius 3 is 2.81 bits per heavy atom. The van der Waals surface area contributed by atoms with Gasteiger partial charge in [0.25, 0.3) is 0 Å². The molecule has 1 aliphatic carbocycles. The second kappa shape index (κ2) is 6.47. The van der Waals surface area contributed by atoms with Gasteiger partial charge in [0.2, 0.25) is 5.91 Å². The molecule has 114 valence electrons. The van der Waals surface area contributed by atoms with Crippen LogP contribution < -0.4 is 0 Å². The van der Waals surface area contributed by atoms with E-state index in [1.54, 1.807) is 4.90 Å². The molecular formula is C15H16F3NOS. The third kappa shape index (κ3) is 3.97. The molecule has 0 radical (unpaired) electrons. The van der Waals surface area contributed by atoms with Crippen LogP contribution in [0.25, 0.3) is 0 Å². The molecule has 21 heavy (non-hydrogen) atoms. The topological polar surface area (TPSA) is 20.3 Å². The Morgan fingerprint density at radius 1 is 1.52 bits per heavy atom. The summed E-state index contributed by atoms with van der Waals surface area (Å²) in [6.45, 7) is 3.64. The summed E-state index contributed by atoms with van der Waals surface area (Å²) in [7, 11) is 0. The van der Waals surface area contributed by atoms with Crippen molar-refractivity contribution in [1.29, 1.82) is 0 Å². The number of hydrogen-bond donors (Lipinski definition) is 0. The molecule has 1 heterocycles. The van der Waals surface area contributed by atoms with Gasteiger partial charge in [0.15, 0.2) is 0 Å². The van der Waals surface area contributed by atoms with Gasteiger partial charge in [-0.25, -0.2) is 0 Å². The normalized spacial score (nSPS) is 18.5. The Kier molecular flexibility index (Phi) is 4.88. The first-order valence-electron chi connectivity index (χ1n) is 6.66. The SMILES string of the molecule is C=CC(=O)N(Cc1csc(C(F)(F)F)c1)C1C=CCCC1. The minimum Gasteiger partial charge on any atom is -0.328 e. The molecule has 1 aromatic heterocycles. The minimum atomic E-state index is -4.33. The fraction of sp³-hybridized carbons (Fsp3) is 0.400. The molecule has 1 amide bonds. The van der Waals surface area contributed by atoms with E-state index in [9.17, 15) is 18.0 Å². The number of hydrogen-bond acceptors (Lipinski definition) is 2. The number of thiophene rings is 1. The number of amides is 1. The van der Waals surface area contributed by atoms with E-state index in [2.05, 4.69) is 6.58 Å². The predicted octanol–water partition coefficient (Wildman–Crippen LogP) is 4.39. The first-order chi connectivity index (χ1) is 9.91. The Labute approximate surface area is 125 Å². The van der Waals surface area contributed by atoms with E-state index in [1.165, 1.54) is 11.5 Å². The van der Waals surface area contributed by atoms with Crippen LogP contribution in [0.3, 0.4) is 0 Å². The van der Waals surface area contributed by atoms with Crippen molar-refractivity contribution in [2.24, 2.45) is 0 Å². The smallest absolute Gasteiger partial charge is 0.328 e. The predicted molar refractivity (Wildman–Crippen MR) is 76.8 cm³/mol. The molecule has 1 unspecified atom stereocenters. The van der Waals surface area contributed by atoms with Crippen molar-refractivity contribution in [1.82, 2.24) is 4.90 Å². The fourth-order valence-corrected chi connectivity index (χ4v) is 3.11. The zero-order valence-electron chi connectivity index (χ0n) is 11.4. The first-order valence-corrected chi connectivity index (χ1v) is 7.54. The lowest BCUT2D eigenvalue weighted by Gasteiger charge is -2.30. The van der Waals surface area contributed by atoms with Crippen LogP contribution >= 0.6 is 11.3 Å².